The van der Waals surface area contributed by atoms with Gasteiger partial charge in [-0.25, -0.2) is 0 Å². The van der Waals surface area contributed by atoms with Crippen LogP contribution in [0.15, 0.2) is 12.1 Å². The summed E-state index contributed by atoms with van der Waals surface area (Å²) in [6.07, 6.45) is 6.54. The van der Waals surface area contributed by atoms with Crippen LogP contribution in [0.25, 0.3) is 0 Å². The maximum atomic E-state index is 13.4. The molecule has 3 saturated heterocycles. The van der Waals surface area contributed by atoms with E-state index in [0.717, 1.165) is 67.2 Å². The zero-order valence-corrected chi connectivity index (χ0v) is 22.7. The molecule has 0 unspecified atom stereocenters. The quantitative estimate of drug-likeness (QED) is 0.593. The summed E-state index contributed by atoms with van der Waals surface area (Å²) < 4.78 is 6.33. The van der Waals surface area contributed by atoms with Gasteiger partial charge in [0.1, 0.15) is 5.75 Å². The number of hydrogen-bond acceptors (Lipinski definition) is 5. The number of ether oxygens (including phenoxy) is 1. The van der Waals surface area contributed by atoms with Crippen molar-refractivity contribution in [1.29, 1.82) is 0 Å². The van der Waals surface area contributed by atoms with Gasteiger partial charge in [-0.15, -0.1) is 0 Å². The van der Waals surface area contributed by atoms with Crippen LogP contribution in [0.3, 0.4) is 0 Å². The number of hydrogen-bond donors (Lipinski definition) is 1. The second kappa shape index (κ2) is 12.1. The molecule has 1 N–H and O–H groups in total. The van der Waals surface area contributed by atoms with Crippen LogP contribution in [0.4, 0.5) is 0 Å². The molecule has 200 valence electrons. The molecule has 4 rings (SSSR count). The number of carbonyl (C=O) groups is 2. The van der Waals surface area contributed by atoms with Gasteiger partial charge in [0.15, 0.2) is 0 Å². The first kappa shape index (κ1) is 27.2. The highest BCUT2D eigenvalue weighted by molar-refractivity contribution is 6.32. The average Bonchev–Trinajstić information content (AvgIpc) is 2.87. The van der Waals surface area contributed by atoms with E-state index in [0.29, 0.717) is 52.0 Å². The number of piperidine rings is 3. The van der Waals surface area contributed by atoms with Gasteiger partial charge >= 0.3 is 0 Å². The summed E-state index contributed by atoms with van der Waals surface area (Å²) in [6.45, 7) is 9.19. The van der Waals surface area contributed by atoms with Crippen LogP contribution in [-0.2, 0) is 9.59 Å². The van der Waals surface area contributed by atoms with Gasteiger partial charge in [0.2, 0.25) is 11.8 Å². The zero-order valence-electron chi connectivity index (χ0n) is 21.9. The van der Waals surface area contributed by atoms with E-state index in [4.69, 9.17) is 16.3 Å². The van der Waals surface area contributed by atoms with Crippen LogP contribution < -0.4 is 4.74 Å². The van der Waals surface area contributed by atoms with Crippen LogP contribution in [-0.4, -0.2) is 90.1 Å². The Kier molecular flexibility index (Phi) is 9.18. The minimum absolute atomic E-state index is 0.0966. The monoisotopic (exact) mass is 519 g/mol. The van der Waals surface area contributed by atoms with E-state index in [1.807, 2.05) is 35.8 Å². The highest BCUT2D eigenvalue weighted by Crippen LogP contribution is 2.36. The standard InChI is InChI=1S/C28H42ClN3O4/c1-21-15-24(16-22(2)27(21)29)36-20-28(17-25(34)31-13-7-23(33)8-14-31)9-6-12-32(19-28)26(35)18-30-10-4-3-5-11-30/h15-16,23,33H,3-14,17-20H2,1-2H3/t28-/m1/s1. The van der Waals surface area contributed by atoms with E-state index in [1.54, 1.807) is 0 Å². The molecule has 0 aliphatic carbocycles. The second-order valence-corrected chi connectivity index (χ2v) is 11.6. The third kappa shape index (κ3) is 6.93. The molecule has 0 aromatic heterocycles. The molecule has 0 saturated carbocycles. The van der Waals surface area contributed by atoms with Gasteiger partial charge in [0.05, 0.1) is 19.3 Å². The average molecular weight is 520 g/mol. The van der Waals surface area contributed by atoms with Crippen molar-refractivity contribution in [3.8, 4) is 5.75 Å². The predicted molar refractivity (Wildman–Crippen MR) is 141 cm³/mol. The molecular weight excluding hydrogens is 478 g/mol. The summed E-state index contributed by atoms with van der Waals surface area (Å²) in [5, 5.41) is 10.6. The van der Waals surface area contributed by atoms with Crippen molar-refractivity contribution in [2.24, 2.45) is 5.41 Å². The Bertz CT molecular complexity index is 904. The van der Waals surface area contributed by atoms with Gasteiger partial charge in [-0.1, -0.05) is 18.0 Å². The normalized spacial score (nSPS) is 24.1. The van der Waals surface area contributed by atoms with Gasteiger partial charge in [0, 0.05) is 43.0 Å². The fraction of sp³-hybridized carbons (Fsp3) is 0.714. The van der Waals surface area contributed by atoms with Gasteiger partial charge < -0.3 is 19.6 Å². The minimum Gasteiger partial charge on any atom is -0.493 e. The molecule has 8 heteroatoms. The Morgan fingerprint density at radius 2 is 1.64 bits per heavy atom. The lowest BCUT2D eigenvalue weighted by Crippen LogP contribution is -2.53. The van der Waals surface area contributed by atoms with Crippen LogP contribution in [0.1, 0.15) is 62.5 Å². The van der Waals surface area contributed by atoms with Crippen LogP contribution in [0.5, 0.6) is 5.75 Å². The predicted octanol–water partition coefficient (Wildman–Crippen LogP) is 3.80. The summed E-state index contributed by atoms with van der Waals surface area (Å²) in [6, 6.07) is 3.89. The number of carbonyl (C=O) groups excluding carboxylic acids is 2. The molecular formula is C28H42ClN3O4. The minimum atomic E-state index is -0.440. The number of aryl methyl sites for hydroxylation is 2. The Morgan fingerprint density at radius 3 is 2.31 bits per heavy atom. The number of halogens is 1. The number of amides is 2. The van der Waals surface area contributed by atoms with Gasteiger partial charge in [-0.2, -0.15) is 0 Å². The van der Waals surface area contributed by atoms with E-state index in [1.165, 1.54) is 6.42 Å². The fourth-order valence-electron chi connectivity index (χ4n) is 5.92. The summed E-state index contributed by atoms with van der Waals surface area (Å²) in [5.41, 5.74) is 1.49. The Morgan fingerprint density at radius 1 is 0.972 bits per heavy atom. The van der Waals surface area contributed by atoms with Gasteiger partial charge in [-0.05, 0) is 88.7 Å². The van der Waals surface area contributed by atoms with Gasteiger partial charge in [0.25, 0.3) is 0 Å². The van der Waals surface area contributed by atoms with Gasteiger partial charge in [-0.3, -0.25) is 14.5 Å². The first-order chi connectivity index (χ1) is 17.2. The SMILES string of the molecule is Cc1cc(OC[C@@]2(CC(=O)N3CCC(O)CC3)CCCN(C(=O)CN3CCCCC3)C2)cc(C)c1Cl. The number of likely N-dealkylation sites (tertiary alicyclic amines) is 3. The zero-order chi connectivity index (χ0) is 25.7. The largest absolute Gasteiger partial charge is 0.493 e. The molecule has 1 aromatic carbocycles. The second-order valence-electron chi connectivity index (χ2n) is 11.2. The van der Waals surface area contributed by atoms with Crippen LogP contribution in [0.2, 0.25) is 5.02 Å². The highest BCUT2D eigenvalue weighted by Gasteiger charge is 2.41. The van der Waals surface area contributed by atoms with E-state index in [9.17, 15) is 14.7 Å². The van der Waals surface area contributed by atoms with Crippen molar-refractivity contribution >= 4 is 23.4 Å². The third-order valence-electron chi connectivity index (χ3n) is 8.12. The molecule has 36 heavy (non-hydrogen) atoms. The Labute approximate surface area is 220 Å². The maximum Gasteiger partial charge on any atom is 0.236 e. The molecule has 1 atom stereocenters. The van der Waals surface area contributed by atoms with Crippen molar-refractivity contribution in [1.82, 2.24) is 14.7 Å². The molecule has 3 fully saturated rings. The summed E-state index contributed by atoms with van der Waals surface area (Å²) in [4.78, 5) is 32.8. The van der Waals surface area contributed by atoms with Crippen molar-refractivity contribution in [3.05, 3.63) is 28.3 Å². The first-order valence-electron chi connectivity index (χ1n) is 13.6. The number of nitrogens with zero attached hydrogens (tertiary/aromatic N) is 3. The molecule has 0 bridgehead atoms. The summed E-state index contributed by atoms with van der Waals surface area (Å²) >= 11 is 6.35. The van der Waals surface area contributed by atoms with E-state index in [2.05, 4.69) is 4.90 Å². The number of rotatable bonds is 7. The number of benzene rings is 1. The lowest BCUT2D eigenvalue weighted by molar-refractivity contribution is -0.143. The molecule has 0 spiro atoms. The lowest BCUT2D eigenvalue weighted by Gasteiger charge is -2.44. The van der Waals surface area contributed by atoms with Crippen LogP contribution in [0, 0.1) is 19.3 Å². The highest BCUT2D eigenvalue weighted by atomic mass is 35.5. The Hall–Kier alpha value is -1.83. The lowest BCUT2D eigenvalue weighted by atomic mass is 9.77. The molecule has 7 nitrogen and oxygen atoms in total. The summed E-state index contributed by atoms with van der Waals surface area (Å²) in [7, 11) is 0. The first-order valence-corrected chi connectivity index (χ1v) is 14.0. The smallest absolute Gasteiger partial charge is 0.236 e. The fourth-order valence-corrected chi connectivity index (χ4v) is 6.03. The molecule has 3 aliphatic rings. The van der Waals surface area contributed by atoms with Crippen molar-refractivity contribution in [2.45, 2.75) is 71.3 Å². The van der Waals surface area contributed by atoms with E-state index in [-0.39, 0.29) is 17.9 Å². The van der Waals surface area contributed by atoms with E-state index >= 15 is 0 Å². The van der Waals surface area contributed by atoms with Crippen LogP contribution >= 0.6 is 11.6 Å². The molecule has 3 aliphatic heterocycles. The van der Waals surface area contributed by atoms with Crippen molar-refractivity contribution in [2.75, 3.05) is 52.4 Å². The molecule has 2 amide bonds. The summed E-state index contributed by atoms with van der Waals surface area (Å²) in [5.74, 6) is 1.01. The van der Waals surface area contributed by atoms with Crippen molar-refractivity contribution in [3.63, 3.8) is 0 Å². The molecule has 0 radical (unpaired) electrons. The Balaban J connectivity index is 1.48. The number of aliphatic hydroxyl groups is 1. The topological polar surface area (TPSA) is 73.3 Å². The molecule has 3 heterocycles. The van der Waals surface area contributed by atoms with E-state index < -0.39 is 5.41 Å². The third-order valence-corrected chi connectivity index (χ3v) is 8.72. The molecule has 1 aromatic rings. The van der Waals surface area contributed by atoms with Crippen molar-refractivity contribution < 1.29 is 19.4 Å². The number of aliphatic hydroxyl groups excluding tert-OH is 1. The maximum absolute atomic E-state index is 13.4.